The summed E-state index contributed by atoms with van der Waals surface area (Å²) in [6.07, 6.45) is 7.85. The van der Waals surface area contributed by atoms with E-state index in [1.54, 1.807) is 11.8 Å². The van der Waals surface area contributed by atoms with Gasteiger partial charge in [0.25, 0.3) is 5.56 Å². The largest absolute Gasteiger partial charge is 0.497 e. The number of hydrogen-bond acceptors (Lipinski definition) is 4. The van der Waals surface area contributed by atoms with Gasteiger partial charge in [0, 0.05) is 5.39 Å². The van der Waals surface area contributed by atoms with Gasteiger partial charge in [-0.3, -0.25) is 4.79 Å². The molecule has 4 rings (SSSR count). The molecule has 1 fully saturated rings. The Labute approximate surface area is 164 Å². The number of piperidine rings is 1. The van der Waals surface area contributed by atoms with Crippen LogP contribution in [0.15, 0.2) is 53.5 Å². The maximum absolute atomic E-state index is 12.9. The molecule has 1 aliphatic rings. The lowest BCUT2D eigenvalue weighted by Gasteiger charge is -2.29. The molecule has 0 spiro atoms. The zero-order valence-electron chi connectivity index (χ0n) is 16.3. The summed E-state index contributed by atoms with van der Waals surface area (Å²) in [6, 6.07) is 14.0. The van der Waals surface area contributed by atoms with Gasteiger partial charge in [0.05, 0.1) is 24.7 Å². The van der Waals surface area contributed by atoms with Crippen LogP contribution in [0.4, 0.5) is 0 Å². The van der Waals surface area contributed by atoms with Gasteiger partial charge in [0.2, 0.25) is 0 Å². The first kappa shape index (κ1) is 18.4. The van der Waals surface area contributed by atoms with Gasteiger partial charge in [-0.2, -0.15) is 5.10 Å². The molecule has 0 saturated carbocycles. The zero-order chi connectivity index (χ0) is 19.5. The lowest BCUT2D eigenvalue weighted by atomic mass is 10.0. The van der Waals surface area contributed by atoms with E-state index in [1.165, 1.54) is 0 Å². The maximum Gasteiger partial charge on any atom is 0.274 e. The van der Waals surface area contributed by atoms with E-state index in [4.69, 9.17) is 4.74 Å². The van der Waals surface area contributed by atoms with Crippen LogP contribution in [-0.4, -0.2) is 41.9 Å². The SMILES string of the molecule is COc1ccc(C=Cc2ccc3c(=O)n(C4CCN(C)CC4)ncc3c2)cc1. The molecule has 2 aromatic carbocycles. The van der Waals surface area contributed by atoms with Crippen LogP contribution < -0.4 is 10.3 Å². The predicted molar refractivity (Wildman–Crippen MR) is 114 cm³/mol. The molecule has 5 heteroatoms. The molecule has 0 radical (unpaired) electrons. The minimum absolute atomic E-state index is 0.0118. The summed E-state index contributed by atoms with van der Waals surface area (Å²) in [4.78, 5) is 15.2. The molecule has 0 atom stereocenters. The summed E-state index contributed by atoms with van der Waals surface area (Å²) >= 11 is 0. The van der Waals surface area contributed by atoms with E-state index in [1.807, 2.05) is 60.8 Å². The van der Waals surface area contributed by atoms with Crippen LogP contribution in [0.3, 0.4) is 0 Å². The standard InChI is InChI=1S/C23H25N3O2/c1-25-13-11-20(12-14-25)26-23(27)22-10-7-18(15-19(22)16-24-26)4-3-17-5-8-21(28-2)9-6-17/h3-10,15-16,20H,11-14H2,1-2H3. The van der Waals surface area contributed by atoms with Gasteiger partial charge in [-0.1, -0.05) is 30.4 Å². The average Bonchev–Trinajstić information content (AvgIpc) is 2.74. The van der Waals surface area contributed by atoms with E-state index in [0.29, 0.717) is 0 Å². The van der Waals surface area contributed by atoms with Crippen LogP contribution in [0.2, 0.25) is 0 Å². The summed E-state index contributed by atoms with van der Waals surface area (Å²) in [5, 5.41) is 6.09. The molecule has 0 N–H and O–H groups in total. The lowest BCUT2D eigenvalue weighted by Crippen LogP contribution is -2.36. The highest BCUT2D eigenvalue weighted by Crippen LogP contribution is 2.21. The number of aromatic nitrogens is 2. The predicted octanol–water partition coefficient (Wildman–Crippen LogP) is 3.84. The quantitative estimate of drug-likeness (QED) is 0.650. The van der Waals surface area contributed by atoms with E-state index in [2.05, 4.69) is 17.0 Å². The number of benzene rings is 2. The molecule has 0 amide bonds. The third kappa shape index (κ3) is 3.85. The Morgan fingerprint density at radius 3 is 2.43 bits per heavy atom. The van der Waals surface area contributed by atoms with Gasteiger partial charge in [0.1, 0.15) is 5.75 Å². The highest BCUT2D eigenvalue weighted by molar-refractivity contribution is 5.84. The highest BCUT2D eigenvalue weighted by atomic mass is 16.5. The minimum atomic E-state index is 0.0118. The molecule has 0 aliphatic carbocycles. The number of likely N-dealkylation sites (tertiary alicyclic amines) is 1. The van der Waals surface area contributed by atoms with Crippen LogP contribution in [-0.2, 0) is 0 Å². The van der Waals surface area contributed by atoms with E-state index in [9.17, 15) is 4.79 Å². The number of nitrogens with zero attached hydrogens (tertiary/aromatic N) is 3. The fraction of sp³-hybridized carbons (Fsp3) is 0.304. The van der Waals surface area contributed by atoms with Gasteiger partial charge >= 0.3 is 0 Å². The Kier molecular flexibility index (Phi) is 5.26. The van der Waals surface area contributed by atoms with Crippen LogP contribution in [0, 0.1) is 0 Å². The molecule has 1 saturated heterocycles. The van der Waals surface area contributed by atoms with Crippen molar-refractivity contribution in [1.82, 2.24) is 14.7 Å². The second kappa shape index (κ2) is 7.98. The Morgan fingerprint density at radius 2 is 1.71 bits per heavy atom. The first-order chi connectivity index (χ1) is 13.6. The van der Waals surface area contributed by atoms with Crippen molar-refractivity contribution < 1.29 is 4.74 Å². The smallest absolute Gasteiger partial charge is 0.274 e. The van der Waals surface area contributed by atoms with Gasteiger partial charge in [0.15, 0.2) is 0 Å². The van der Waals surface area contributed by atoms with Crippen molar-refractivity contribution in [2.24, 2.45) is 0 Å². The van der Waals surface area contributed by atoms with Crippen LogP contribution in [0.25, 0.3) is 22.9 Å². The maximum atomic E-state index is 12.9. The lowest BCUT2D eigenvalue weighted by molar-refractivity contribution is 0.209. The van der Waals surface area contributed by atoms with Gasteiger partial charge in [-0.15, -0.1) is 0 Å². The first-order valence-electron chi connectivity index (χ1n) is 9.66. The first-order valence-corrected chi connectivity index (χ1v) is 9.66. The van der Waals surface area contributed by atoms with E-state index in [-0.39, 0.29) is 11.6 Å². The average molecular weight is 375 g/mol. The van der Waals surface area contributed by atoms with Crippen molar-refractivity contribution in [1.29, 1.82) is 0 Å². The molecule has 28 heavy (non-hydrogen) atoms. The minimum Gasteiger partial charge on any atom is -0.497 e. The molecule has 2 heterocycles. The Hall–Kier alpha value is -2.92. The van der Waals surface area contributed by atoms with Crippen molar-refractivity contribution in [3.8, 4) is 5.75 Å². The third-order valence-electron chi connectivity index (χ3n) is 5.45. The summed E-state index contributed by atoms with van der Waals surface area (Å²) in [5.41, 5.74) is 2.15. The van der Waals surface area contributed by atoms with Crippen molar-refractivity contribution >= 4 is 22.9 Å². The van der Waals surface area contributed by atoms with Crippen molar-refractivity contribution in [2.45, 2.75) is 18.9 Å². The molecular formula is C23H25N3O2. The normalized spacial score (nSPS) is 16.1. The molecule has 3 aromatic rings. The van der Waals surface area contributed by atoms with Crippen LogP contribution in [0.1, 0.15) is 30.0 Å². The fourth-order valence-electron chi connectivity index (χ4n) is 3.69. The van der Waals surface area contributed by atoms with E-state index >= 15 is 0 Å². The van der Waals surface area contributed by atoms with Crippen LogP contribution in [0.5, 0.6) is 5.75 Å². The summed E-state index contributed by atoms with van der Waals surface area (Å²) in [7, 11) is 3.78. The number of hydrogen-bond donors (Lipinski definition) is 0. The monoisotopic (exact) mass is 375 g/mol. The summed E-state index contributed by atoms with van der Waals surface area (Å²) in [5.74, 6) is 0.842. The van der Waals surface area contributed by atoms with E-state index < -0.39 is 0 Å². The molecule has 144 valence electrons. The Bertz CT molecular complexity index is 1050. The molecular weight excluding hydrogens is 350 g/mol. The van der Waals surface area contributed by atoms with Gasteiger partial charge < -0.3 is 9.64 Å². The molecule has 1 aromatic heterocycles. The van der Waals surface area contributed by atoms with E-state index in [0.717, 1.165) is 53.6 Å². The fourth-order valence-corrected chi connectivity index (χ4v) is 3.69. The van der Waals surface area contributed by atoms with Gasteiger partial charge in [-0.05, 0) is 68.4 Å². The highest BCUT2D eigenvalue weighted by Gasteiger charge is 2.20. The molecule has 1 aliphatic heterocycles. The molecule has 5 nitrogen and oxygen atoms in total. The number of methoxy groups -OCH3 is 1. The number of fused-ring (bicyclic) bond motifs is 1. The van der Waals surface area contributed by atoms with Gasteiger partial charge in [-0.25, -0.2) is 4.68 Å². The second-order valence-electron chi connectivity index (χ2n) is 7.38. The second-order valence-corrected chi connectivity index (χ2v) is 7.38. The zero-order valence-corrected chi connectivity index (χ0v) is 16.3. The summed E-state index contributed by atoms with van der Waals surface area (Å²) in [6.45, 7) is 2.01. The summed E-state index contributed by atoms with van der Waals surface area (Å²) < 4.78 is 6.87. The number of rotatable bonds is 4. The van der Waals surface area contributed by atoms with Crippen LogP contribution >= 0.6 is 0 Å². The Morgan fingerprint density at radius 1 is 1.04 bits per heavy atom. The topological polar surface area (TPSA) is 47.4 Å². The molecule has 0 bridgehead atoms. The van der Waals surface area contributed by atoms with Crippen molar-refractivity contribution in [3.05, 3.63) is 70.1 Å². The third-order valence-corrected chi connectivity index (χ3v) is 5.45. The number of ether oxygens (including phenoxy) is 1. The van der Waals surface area contributed by atoms with Crippen molar-refractivity contribution in [3.63, 3.8) is 0 Å². The Balaban J connectivity index is 1.58. The molecule has 0 unspecified atom stereocenters. The van der Waals surface area contributed by atoms with Crippen molar-refractivity contribution in [2.75, 3.05) is 27.2 Å².